The quantitative estimate of drug-likeness (QED) is 0.859. The van der Waals surface area contributed by atoms with Gasteiger partial charge in [0.05, 0.1) is 9.21 Å². The Morgan fingerprint density at radius 3 is 3.00 bits per heavy atom. The lowest BCUT2D eigenvalue weighted by Gasteiger charge is -2.14. The van der Waals surface area contributed by atoms with E-state index in [1.54, 1.807) is 12.1 Å². The SMILES string of the molecule is CCC(CCO)NC(=O)c1cc(-c2ccc(Cl)s2)on1. The minimum Gasteiger partial charge on any atom is -0.396 e. The predicted octanol–water partition coefficient (Wildman–Crippen LogP) is 2.95. The number of rotatable bonds is 6. The van der Waals surface area contributed by atoms with Gasteiger partial charge in [-0.1, -0.05) is 23.7 Å². The van der Waals surface area contributed by atoms with Crippen LogP contribution in [-0.2, 0) is 0 Å². The Morgan fingerprint density at radius 1 is 1.60 bits per heavy atom. The number of hydrogen-bond donors (Lipinski definition) is 2. The Bertz CT molecular complexity index is 582. The molecule has 108 valence electrons. The molecule has 7 heteroatoms. The summed E-state index contributed by atoms with van der Waals surface area (Å²) < 4.78 is 5.80. The van der Waals surface area contributed by atoms with E-state index in [0.29, 0.717) is 16.5 Å². The van der Waals surface area contributed by atoms with Crippen LogP contribution in [0.5, 0.6) is 0 Å². The smallest absolute Gasteiger partial charge is 0.273 e. The van der Waals surface area contributed by atoms with Gasteiger partial charge in [0.1, 0.15) is 0 Å². The molecule has 0 fully saturated rings. The maximum atomic E-state index is 12.0. The molecular weight excluding hydrogens is 300 g/mol. The number of aromatic nitrogens is 1. The predicted molar refractivity (Wildman–Crippen MR) is 78.1 cm³/mol. The summed E-state index contributed by atoms with van der Waals surface area (Å²) >= 11 is 7.21. The molecule has 0 bridgehead atoms. The minimum atomic E-state index is -0.303. The standard InChI is InChI=1S/C13H15ClN2O3S/c1-2-8(5-6-17)15-13(18)9-7-10(19-16-9)11-3-4-12(14)20-11/h3-4,7-8,17H,2,5-6H2,1H3,(H,15,18). The van der Waals surface area contributed by atoms with Gasteiger partial charge in [-0.15, -0.1) is 11.3 Å². The maximum absolute atomic E-state index is 12.0. The van der Waals surface area contributed by atoms with Gasteiger partial charge in [0.2, 0.25) is 0 Å². The lowest BCUT2D eigenvalue weighted by molar-refractivity contribution is 0.0920. The van der Waals surface area contributed by atoms with Gasteiger partial charge in [-0.3, -0.25) is 4.79 Å². The number of amides is 1. The summed E-state index contributed by atoms with van der Waals surface area (Å²) in [7, 11) is 0. The summed E-state index contributed by atoms with van der Waals surface area (Å²) in [6, 6.07) is 5.10. The van der Waals surface area contributed by atoms with Crippen LogP contribution in [0, 0.1) is 0 Å². The monoisotopic (exact) mass is 314 g/mol. The highest BCUT2D eigenvalue weighted by atomic mass is 35.5. The molecule has 2 heterocycles. The summed E-state index contributed by atoms with van der Waals surface area (Å²) in [5, 5.41) is 15.5. The summed E-state index contributed by atoms with van der Waals surface area (Å²) in [5.41, 5.74) is 0.223. The van der Waals surface area contributed by atoms with Crippen LogP contribution in [0.25, 0.3) is 10.6 Å². The first-order valence-corrected chi connectivity index (χ1v) is 7.47. The van der Waals surface area contributed by atoms with Gasteiger partial charge >= 0.3 is 0 Å². The van der Waals surface area contributed by atoms with Gasteiger partial charge in [0, 0.05) is 18.7 Å². The van der Waals surface area contributed by atoms with Crippen LogP contribution in [0.15, 0.2) is 22.7 Å². The molecule has 1 amide bonds. The third-order valence-electron chi connectivity index (χ3n) is 2.86. The van der Waals surface area contributed by atoms with Crippen molar-refractivity contribution >= 4 is 28.8 Å². The van der Waals surface area contributed by atoms with E-state index in [1.165, 1.54) is 11.3 Å². The van der Waals surface area contributed by atoms with Gasteiger partial charge in [0.25, 0.3) is 5.91 Å². The van der Waals surface area contributed by atoms with Gasteiger partial charge < -0.3 is 14.9 Å². The van der Waals surface area contributed by atoms with E-state index in [-0.39, 0.29) is 24.2 Å². The van der Waals surface area contributed by atoms with Gasteiger partial charge in [-0.25, -0.2) is 0 Å². The molecule has 0 aromatic carbocycles. The van der Waals surface area contributed by atoms with E-state index in [0.717, 1.165) is 11.3 Å². The second-order valence-corrected chi connectivity index (χ2v) is 5.99. The topological polar surface area (TPSA) is 75.4 Å². The summed E-state index contributed by atoms with van der Waals surface area (Å²) in [4.78, 5) is 12.8. The fourth-order valence-electron chi connectivity index (χ4n) is 1.74. The van der Waals surface area contributed by atoms with Crippen molar-refractivity contribution in [3.05, 3.63) is 28.2 Å². The molecule has 0 saturated carbocycles. The van der Waals surface area contributed by atoms with Crippen LogP contribution in [0.3, 0.4) is 0 Å². The normalized spacial score (nSPS) is 12.3. The molecule has 2 rings (SSSR count). The maximum Gasteiger partial charge on any atom is 0.273 e. The van der Waals surface area contributed by atoms with Crippen LogP contribution in [0.4, 0.5) is 0 Å². The molecule has 0 radical (unpaired) electrons. The zero-order valence-corrected chi connectivity index (χ0v) is 12.5. The summed E-state index contributed by atoms with van der Waals surface area (Å²) in [6.45, 7) is 1.99. The van der Waals surface area contributed by atoms with Crippen molar-refractivity contribution < 1.29 is 14.4 Å². The van der Waals surface area contributed by atoms with Crippen LogP contribution in [-0.4, -0.2) is 28.8 Å². The third-order valence-corrected chi connectivity index (χ3v) is 4.11. The van der Waals surface area contributed by atoms with Crippen LogP contribution in [0.1, 0.15) is 30.3 Å². The highest BCUT2D eigenvalue weighted by Crippen LogP contribution is 2.31. The molecule has 0 aliphatic heterocycles. The highest BCUT2D eigenvalue weighted by Gasteiger charge is 2.17. The van der Waals surface area contributed by atoms with E-state index in [9.17, 15) is 4.79 Å². The van der Waals surface area contributed by atoms with E-state index in [1.807, 2.05) is 13.0 Å². The molecule has 5 nitrogen and oxygen atoms in total. The highest BCUT2D eigenvalue weighted by molar-refractivity contribution is 7.19. The number of halogens is 1. The number of aliphatic hydroxyl groups excluding tert-OH is 1. The lowest BCUT2D eigenvalue weighted by atomic mass is 10.1. The van der Waals surface area contributed by atoms with Gasteiger partial charge in [-0.2, -0.15) is 0 Å². The van der Waals surface area contributed by atoms with Crippen molar-refractivity contribution in [1.82, 2.24) is 10.5 Å². The number of carbonyl (C=O) groups excluding carboxylic acids is 1. The van der Waals surface area contributed by atoms with Crippen molar-refractivity contribution in [2.45, 2.75) is 25.8 Å². The summed E-state index contributed by atoms with van der Waals surface area (Å²) in [5.74, 6) is 0.213. The number of nitrogens with one attached hydrogen (secondary N) is 1. The molecule has 1 atom stereocenters. The number of nitrogens with zero attached hydrogens (tertiary/aromatic N) is 1. The molecule has 2 aromatic rings. The van der Waals surface area contributed by atoms with Crippen molar-refractivity contribution in [3.63, 3.8) is 0 Å². The van der Waals surface area contributed by atoms with Crippen LogP contribution >= 0.6 is 22.9 Å². The minimum absolute atomic E-state index is 0.0382. The van der Waals surface area contributed by atoms with E-state index in [2.05, 4.69) is 10.5 Å². The third kappa shape index (κ3) is 3.59. The first kappa shape index (κ1) is 15.0. The number of thiophene rings is 1. The fraction of sp³-hybridized carbons (Fsp3) is 0.385. The van der Waals surface area contributed by atoms with Crippen LogP contribution < -0.4 is 5.32 Å². The number of hydrogen-bond acceptors (Lipinski definition) is 5. The average Bonchev–Trinajstić information content (AvgIpc) is 3.06. The van der Waals surface area contributed by atoms with E-state index < -0.39 is 0 Å². The molecule has 0 aliphatic carbocycles. The van der Waals surface area contributed by atoms with Crippen molar-refractivity contribution in [1.29, 1.82) is 0 Å². The average molecular weight is 315 g/mol. The Kier molecular flexibility index (Phi) is 5.17. The molecule has 1 unspecified atom stereocenters. The summed E-state index contributed by atoms with van der Waals surface area (Å²) in [6.07, 6.45) is 1.27. The number of carbonyl (C=O) groups is 1. The Hall–Kier alpha value is -1.37. The molecule has 0 aliphatic rings. The zero-order chi connectivity index (χ0) is 14.5. The van der Waals surface area contributed by atoms with Crippen molar-refractivity contribution in [2.24, 2.45) is 0 Å². The Labute approximate surface area is 125 Å². The molecule has 2 N–H and O–H groups in total. The Morgan fingerprint density at radius 2 is 2.40 bits per heavy atom. The molecular formula is C13H15ClN2O3S. The van der Waals surface area contributed by atoms with E-state index >= 15 is 0 Å². The largest absolute Gasteiger partial charge is 0.396 e. The van der Waals surface area contributed by atoms with Crippen molar-refractivity contribution in [3.8, 4) is 10.6 Å². The first-order valence-electron chi connectivity index (χ1n) is 6.28. The Balaban J connectivity index is 2.06. The molecule has 0 spiro atoms. The molecule has 0 saturated heterocycles. The first-order chi connectivity index (χ1) is 9.63. The molecule has 2 aromatic heterocycles. The van der Waals surface area contributed by atoms with Crippen LogP contribution in [0.2, 0.25) is 4.34 Å². The number of aliphatic hydroxyl groups is 1. The lowest BCUT2D eigenvalue weighted by Crippen LogP contribution is -2.35. The zero-order valence-electron chi connectivity index (χ0n) is 10.9. The van der Waals surface area contributed by atoms with Gasteiger partial charge in [0.15, 0.2) is 11.5 Å². The van der Waals surface area contributed by atoms with E-state index in [4.69, 9.17) is 21.2 Å². The second-order valence-electron chi connectivity index (χ2n) is 4.27. The second kappa shape index (κ2) is 6.88. The van der Waals surface area contributed by atoms with Gasteiger partial charge in [-0.05, 0) is 25.0 Å². The fourth-order valence-corrected chi connectivity index (χ4v) is 2.73. The molecule has 20 heavy (non-hydrogen) atoms. The van der Waals surface area contributed by atoms with Crippen molar-refractivity contribution in [2.75, 3.05) is 6.61 Å².